The molecule has 0 radical (unpaired) electrons. The highest BCUT2D eigenvalue weighted by Crippen LogP contribution is 2.25. The van der Waals surface area contributed by atoms with Crippen molar-refractivity contribution in [2.75, 3.05) is 36.4 Å². The standard InChI is InChI=1S/C24H28N6O3/c1-16(2)27-19-6-3-9-26-23(19)29-10-12-30(13-11-29)24(32)20-8-7-18(22(25)31)21(28-20)15-17-5-4-14-33-17/h3-9,14,16,27H,10-13,15H2,1-2H3,(H2,25,31). The molecule has 0 saturated carbocycles. The van der Waals surface area contributed by atoms with Gasteiger partial charge in [-0.25, -0.2) is 9.97 Å². The lowest BCUT2D eigenvalue weighted by atomic mass is 10.1. The van der Waals surface area contributed by atoms with Gasteiger partial charge >= 0.3 is 0 Å². The van der Waals surface area contributed by atoms with Crippen molar-refractivity contribution in [3.63, 3.8) is 0 Å². The number of nitrogens with zero attached hydrogens (tertiary/aromatic N) is 4. The molecule has 4 heterocycles. The molecule has 4 rings (SSSR count). The maximum Gasteiger partial charge on any atom is 0.272 e. The molecule has 9 nitrogen and oxygen atoms in total. The number of carbonyl (C=O) groups is 2. The largest absolute Gasteiger partial charge is 0.469 e. The first-order chi connectivity index (χ1) is 15.9. The Bertz CT molecular complexity index is 1120. The van der Waals surface area contributed by atoms with Gasteiger partial charge in [-0.3, -0.25) is 9.59 Å². The highest BCUT2D eigenvalue weighted by Gasteiger charge is 2.26. The molecule has 0 bridgehead atoms. The van der Waals surface area contributed by atoms with Gasteiger partial charge in [0.1, 0.15) is 11.5 Å². The number of aromatic nitrogens is 2. The lowest BCUT2D eigenvalue weighted by Crippen LogP contribution is -2.49. The SMILES string of the molecule is CC(C)Nc1cccnc1N1CCN(C(=O)c2ccc(C(N)=O)c(Cc3ccco3)n2)CC1. The van der Waals surface area contributed by atoms with Gasteiger partial charge < -0.3 is 25.3 Å². The number of pyridine rings is 2. The Morgan fingerprint density at radius 2 is 1.91 bits per heavy atom. The van der Waals surface area contributed by atoms with E-state index in [2.05, 4.69) is 34.0 Å². The Hall–Kier alpha value is -3.88. The van der Waals surface area contributed by atoms with E-state index in [4.69, 9.17) is 10.2 Å². The second kappa shape index (κ2) is 9.72. The van der Waals surface area contributed by atoms with Gasteiger partial charge in [0.2, 0.25) is 0 Å². The molecule has 3 aromatic heterocycles. The van der Waals surface area contributed by atoms with Crippen LogP contribution in [0.15, 0.2) is 53.3 Å². The van der Waals surface area contributed by atoms with Gasteiger partial charge in [-0.1, -0.05) is 0 Å². The molecule has 1 saturated heterocycles. The molecule has 172 valence electrons. The van der Waals surface area contributed by atoms with E-state index in [1.807, 2.05) is 12.1 Å². The third-order valence-electron chi connectivity index (χ3n) is 5.48. The summed E-state index contributed by atoms with van der Waals surface area (Å²) < 4.78 is 5.37. The van der Waals surface area contributed by atoms with Gasteiger partial charge in [0, 0.05) is 44.8 Å². The number of rotatable bonds is 7. The van der Waals surface area contributed by atoms with E-state index in [9.17, 15) is 9.59 Å². The van der Waals surface area contributed by atoms with Crippen molar-refractivity contribution in [2.45, 2.75) is 26.3 Å². The minimum absolute atomic E-state index is 0.173. The zero-order valence-electron chi connectivity index (χ0n) is 18.8. The van der Waals surface area contributed by atoms with Gasteiger partial charge in [0.15, 0.2) is 5.82 Å². The normalized spacial score (nSPS) is 13.9. The third kappa shape index (κ3) is 5.14. The van der Waals surface area contributed by atoms with Crippen LogP contribution < -0.4 is 16.0 Å². The van der Waals surface area contributed by atoms with Crippen LogP contribution in [-0.4, -0.2) is 58.9 Å². The first-order valence-electron chi connectivity index (χ1n) is 11.0. The Labute approximate surface area is 192 Å². The van der Waals surface area contributed by atoms with Gasteiger partial charge in [0.25, 0.3) is 11.8 Å². The first kappa shape index (κ1) is 22.3. The summed E-state index contributed by atoms with van der Waals surface area (Å²) in [5.74, 6) is 0.776. The molecule has 0 atom stereocenters. The van der Waals surface area contributed by atoms with Crippen LogP contribution >= 0.6 is 0 Å². The number of piperazine rings is 1. The lowest BCUT2D eigenvalue weighted by Gasteiger charge is -2.36. The molecule has 0 aliphatic carbocycles. The number of nitrogens with two attached hydrogens (primary N) is 1. The molecule has 33 heavy (non-hydrogen) atoms. The number of nitrogens with one attached hydrogen (secondary N) is 1. The van der Waals surface area contributed by atoms with E-state index in [0.717, 1.165) is 11.5 Å². The monoisotopic (exact) mass is 448 g/mol. The second-order valence-corrected chi connectivity index (χ2v) is 8.26. The zero-order valence-corrected chi connectivity index (χ0v) is 18.8. The van der Waals surface area contributed by atoms with E-state index < -0.39 is 5.91 Å². The topological polar surface area (TPSA) is 118 Å². The quantitative estimate of drug-likeness (QED) is 0.570. The average molecular weight is 449 g/mol. The van der Waals surface area contributed by atoms with E-state index in [0.29, 0.717) is 43.7 Å². The van der Waals surface area contributed by atoms with E-state index in [1.54, 1.807) is 41.6 Å². The van der Waals surface area contributed by atoms with Crippen LogP contribution in [0.5, 0.6) is 0 Å². The molecule has 0 unspecified atom stereocenters. The summed E-state index contributed by atoms with van der Waals surface area (Å²) in [7, 11) is 0. The van der Waals surface area contributed by atoms with Crippen molar-refractivity contribution in [3.05, 3.63) is 71.6 Å². The van der Waals surface area contributed by atoms with Crippen molar-refractivity contribution in [1.29, 1.82) is 0 Å². The fourth-order valence-corrected chi connectivity index (χ4v) is 3.91. The van der Waals surface area contributed by atoms with E-state index >= 15 is 0 Å². The molecule has 9 heteroatoms. The molecule has 2 amide bonds. The number of hydrogen-bond donors (Lipinski definition) is 2. The van der Waals surface area contributed by atoms with Crippen molar-refractivity contribution in [3.8, 4) is 0 Å². The number of amides is 2. The fourth-order valence-electron chi connectivity index (χ4n) is 3.91. The van der Waals surface area contributed by atoms with E-state index in [-0.39, 0.29) is 23.6 Å². The van der Waals surface area contributed by atoms with Crippen molar-refractivity contribution >= 4 is 23.3 Å². The van der Waals surface area contributed by atoms with Crippen LogP contribution in [0.25, 0.3) is 0 Å². The maximum absolute atomic E-state index is 13.2. The summed E-state index contributed by atoms with van der Waals surface area (Å²) in [6, 6.07) is 10.9. The molecule has 3 aromatic rings. The first-order valence-corrected chi connectivity index (χ1v) is 11.0. The fraction of sp³-hybridized carbons (Fsp3) is 0.333. The van der Waals surface area contributed by atoms with Crippen LogP contribution in [0.2, 0.25) is 0 Å². The van der Waals surface area contributed by atoms with Crippen molar-refractivity contribution in [2.24, 2.45) is 5.73 Å². The summed E-state index contributed by atoms with van der Waals surface area (Å²) in [6.45, 7) is 6.59. The van der Waals surface area contributed by atoms with Crippen LogP contribution in [0.3, 0.4) is 0 Å². The van der Waals surface area contributed by atoms with Gasteiger partial charge in [-0.2, -0.15) is 0 Å². The third-order valence-corrected chi connectivity index (χ3v) is 5.48. The second-order valence-electron chi connectivity index (χ2n) is 8.26. The number of hydrogen-bond acceptors (Lipinski definition) is 7. The molecule has 1 aliphatic heterocycles. The maximum atomic E-state index is 13.2. The van der Waals surface area contributed by atoms with Gasteiger partial charge in [0.05, 0.1) is 23.2 Å². The Morgan fingerprint density at radius 3 is 2.58 bits per heavy atom. The summed E-state index contributed by atoms with van der Waals surface area (Å²) in [6.07, 6.45) is 3.62. The van der Waals surface area contributed by atoms with Crippen LogP contribution in [0.1, 0.15) is 46.1 Å². The van der Waals surface area contributed by atoms with Gasteiger partial charge in [-0.15, -0.1) is 0 Å². The summed E-state index contributed by atoms with van der Waals surface area (Å²) in [5, 5.41) is 3.43. The van der Waals surface area contributed by atoms with Crippen LogP contribution in [0, 0.1) is 0 Å². The zero-order chi connectivity index (χ0) is 23.4. The Kier molecular flexibility index (Phi) is 6.58. The number of primary amides is 1. The predicted octanol–water partition coefficient (Wildman–Crippen LogP) is 2.54. The van der Waals surface area contributed by atoms with Crippen LogP contribution in [-0.2, 0) is 6.42 Å². The summed E-state index contributed by atoms with van der Waals surface area (Å²) >= 11 is 0. The minimum Gasteiger partial charge on any atom is -0.469 e. The summed E-state index contributed by atoms with van der Waals surface area (Å²) in [4.78, 5) is 38.0. The molecule has 3 N–H and O–H groups in total. The molecule has 0 aromatic carbocycles. The highest BCUT2D eigenvalue weighted by molar-refractivity contribution is 5.96. The van der Waals surface area contributed by atoms with Crippen molar-refractivity contribution < 1.29 is 14.0 Å². The average Bonchev–Trinajstić information content (AvgIpc) is 3.31. The van der Waals surface area contributed by atoms with Crippen molar-refractivity contribution in [1.82, 2.24) is 14.9 Å². The molecular weight excluding hydrogens is 420 g/mol. The smallest absolute Gasteiger partial charge is 0.272 e. The number of anilines is 2. The molecule has 1 aliphatic rings. The Morgan fingerprint density at radius 1 is 1.12 bits per heavy atom. The van der Waals surface area contributed by atoms with Crippen LogP contribution in [0.4, 0.5) is 11.5 Å². The highest BCUT2D eigenvalue weighted by atomic mass is 16.3. The predicted molar refractivity (Wildman–Crippen MR) is 125 cm³/mol. The Balaban J connectivity index is 1.47. The molecule has 1 fully saturated rings. The van der Waals surface area contributed by atoms with E-state index in [1.165, 1.54) is 0 Å². The minimum atomic E-state index is -0.585. The lowest BCUT2D eigenvalue weighted by molar-refractivity contribution is 0.0739. The molecule has 0 spiro atoms. The number of carbonyl (C=O) groups excluding carboxylic acids is 2. The number of furan rings is 1. The molecular formula is C24H28N6O3. The van der Waals surface area contributed by atoms with Gasteiger partial charge in [-0.05, 0) is 50.2 Å². The summed E-state index contributed by atoms with van der Waals surface area (Å²) in [5.41, 5.74) is 7.49.